The molecule has 1 aliphatic heterocycles. The molecule has 3 N–H and O–H groups in total. The molecule has 5 heteroatoms. The zero-order valence-electron chi connectivity index (χ0n) is 12.1. The summed E-state index contributed by atoms with van der Waals surface area (Å²) in [4.78, 5) is 11.7. The molecule has 1 aliphatic rings. The normalized spacial score (nSPS) is 24.7. The lowest BCUT2D eigenvalue weighted by atomic mass is 9.96. The van der Waals surface area contributed by atoms with Crippen molar-refractivity contribution < 1.29 is 9.53 Å². The van der Waals surface area contributed by atoms with Crippen LogP contribution >= 0.6 is 0 Å². The summed E-state index contributed by atoms with van der Waals surface area (Å²) in [5.74, 6) is 0. The summed E-state index contributed by atoms with van der Waals surface area (Å²) in [6.07, 6.45) is 2.00. The van der Waals surface area contributed by atoms with Crippen LogP contribution in [0.25, 0.3) is 0 Å². The highest BCUT2D eigenvalue weighted by Crippen LogP contribution is 2.19. The molecule has 1 fully saturated rings. The van der Waals surface area contributed by atoms with Gasteiger partial charge in [0.05, 0.1) is 12.2 Å². The smallest absolute Gasteiger partial charge is 0.315 e. The average molecular weight is 257 g/mol. The van der Waals surface area contributed by atoms with Crippen LogP contribution in [0, 0.1) is 0 Å². The lowest BCUT2D eigenvalue weighted by Crippen LogP contribution is -2.58. The zero-order chi connectivity index (χ0) is 13.6. The number of urea groups is 1. The van der Waals surface area contributed by atoms with E-state index in [-0.39, 0.29) is 17.2 Å². The Balaban J connectivity index is 2.44. The van der Waals surface area contributed by atoms with E-state index in [0.29, 0.717) is 13.2 Å². The molecule has 0 radical (unpaired) electrons. The summed E-state index contributed by atoms with van der Waals surface area (Å²) < 4.78 is 5.88. The molecule has 0 aromatic heterocycles. The van der Waals surface area contributed by atoms with Gasteiger partial charge in [0, 0.05) is 25.2 Å². The Bertz CT molecular complexity index is 262. The van der Waals surface area contributed by atoms with E-state index in [9.17, 15) is 4.79 Å². The zero-order valence-corrected chi connectivity index (χ0v) is 12.1. The summed E-state index contributed by atoms with van der Waals surface area (Å²) in [5, 5.41) is 9.15. The highest BCUT2D eigenvalue weighted by Gasteiger charge is 2.33. The topological polar surface area (TPSA) is 62.4 Å². The third kappa shape index (κ3) is 5.23. The molecule has 0 aromatic rings. The van der Waals surface area contributed by atoms with Crippen molar-refractivity contribution in [1.29, 1.82) is 0 Å². The van der Waals surface area contributed by atoms with Gasteiger partial charge in [0.1, 0.15) is 0 Å². The van der Waals surface area contributed by atoms with E-state index in [0.717, 1.165) is 25.9 Å². The Kier molecular flexibility index (Phi) is 5.41. The summed E-state index contributed by atoms with van der Waals surface area (Å²) in [7, 11) is 0. The fraction of sp³-hybridized carbons (Fsp3) is 0.923. The number of hydrogen-bond donors (Lipinski definition) is 3. The van der Waals surface area contributed by atoms with Crippen LogP contribution in [0.5, 0.6) is 0 Å². The Morgan fingerprint density at radius 3 is 2.67 bits per heavy atom. The number of morpholine rings is 1. The minimum Gasteiger partial charge on any atom is -0.371 e. The molecule has 1 saturated heterocycles. The molecule has 2 amide bonds. The van der Waals surface area contributed by atoms with Gasteiger partial charge in [-0.25, -0.2) is 4.79 Å². The minimum absolute atomic E-state index is 0.132. The van der Waals surface area contributed by atoms with Crippen molar-refractivity contribution in [3.8, 4) is 0 Å². The average Bonchev–Trinajstić information content (AvgIpc) is 2.26. The molecule has 0 saturated carbocycles. The number of ether oxygens (including phenoxy) is 1. The maximum absolute atomic E-state index is 11.7. The predicted molar refractivity (Wildman–Crippen MR) is 72.7 cm³/mol. The van der Waals surface area contributed by atoms with Gasteiger partial charge >= 0.3 is 6.03 Å². The van der Waals surface area contributed by atoms with Crippen molar-refractivity contribution in [1.82, 2.24) is 16.0 Å². The Morgan fingerprint density at radius 2 is 2.17 bits per heavy atom. The maximum atomic E-state index is 11.7. The SMILES string of the molecule is CCCC1(CNC(=O)NC(C)(C)C)CNCCO1. The van der Waals surface area contributed by atoms with Crippen molar-refractivity contribution in [2.45, 2.75) is 51.7 Å². The van der Waals surface area contributed by atoms with Crippen LogP contribution in [0.1, 0.15) is 40.5 Å². The van der Waals surface area contributed by atoms with Crippen molar-refractivity contribution in [3.63, 3.8) is 0 Å². The van der Waals surface area contributed by atoms with Gasteiger partial charge < -0.3 is 20.7 Å². The van der Waals surface area contributed by atoms with Crippen LogP contribution in [0.3, 0.4) is 0 Å². The summed E-state index contributed by atoms with van der Waals surface area (Å²) >= 11 is 0. The number of carbonyl (C=O) groups is 1. The number of carbonyl (C=O) groups excluding carboxylic acids is 1. The molecule has 1 atom stereocenters. The van der Waals surface area contributed by atoms with Crippen LogP contribution < -0.4 is 16.0 Å². The second-order valence-electron chi connectivity index (χ2n) is 6.02. The first kappa shape index (κ1) is 15.2. The molecular weight excluding hydrogens is 230 g/mol. The first-order chi connectivity index (χ1) is 8.37. The monoisotopic (exact) mass is 257 g/mol. The highest BCUT2D eigenvalue weighted by molar-refractivity contribution is 5.74. The van der Waals surface area contributed by atoms with Gasteiger partial charge in [-0.3, -0.25) is 0 Å². The van der Waals surface area contributed by atoms with Crippen molar-refractivity contribution in [2.24, 2.45) is 0 Å². The molecule has 0 aromatic carbocycles. The van der Waals surface area contributed by atoms with Crippen LogP contribution in [0.15, 0.2) is 0 Å². The summed E-state index contributed by atoms with van der Waals surface area (Å²) in [6.45, 7) is 11.0. The van der Waals surface area contributed by atoms with Crippen molar-refractivity contribution in [2.75, 3.05) is 26.2 Å². The van der Waals surface area contributed by atoms with Crippen LogP contribution in [-0.4, -0.2) is 43.4 Å². The van der Waals surface area contributed by atoms with Crippen LogP contribution in [0.4, 0.5) is 4.79 Å². The molecule has 18 heavy (non-hydrogen) atoms. The molecule has 1 unspecified atom stereocenters. The third-order valence-electron chi connectivity index (χ3n) is 2.90. The van der Waals surface area contributed by atoms with E-state index < -0.39 is 0 Å². The van der Waals surface area contributed by atoms with Crippen LogP contribution in [-0.2, 0) is 4.74 Å². The van der Waals surface area contributed by atoms with Crippen molar-refractivity contribution in [3.05, 3.63) is 0 Å². The number of hydrogen-bond acceptors (Lipinski definition) is 3. The summed E-state index contributed by atoms with van der Waals surface area (Å²) in [5.41, 5.74) is -0.462. The quantitative estimate of drug-likeness (QED) is 0.710. The van der Waals surface area contributed by atoms with Gasteiger partial charge in [-0.2, -0.15) is 0 Å². The second kappa shape index (κ2) is 6.38. The Morgan fingerprint density at radius 1 is 1.44 bits per heavy atom. The number of nitrogens with one attached hydrogen (secondary N) is 3. The molecule has 5 nitrogen and oxygen atoms in total. The molecule has 1 rings (SSSR count). The number of rotatable bonds is 4. The van der Waals surface area contributed by atoms with E-state index in [1.54, 1.807) is 0 Å². The fourth-order valence-electron chi connectivity index (χ4n) is 2.15. The van der Waals surface area contributed by atoms with E-state index >= 15 is 0 Å². The fourth-order valence-corrected chi connectivity index (χ4v) is 2.15. The van der Waals surface area contributed by atoms with E-state index in [2.05, 4.69) is 22.9 Å². The van der Waals surface area contributed by atoms with E-state index in [4.69, 9.17) is 4.74 Å². The number of amides is 2. The summed E-state index contributed by atoms with van der Waals surface area (Å²) in [6, 6.07) is -0.132. The van der Waals surface area contributed by atoms with Crippen molar-refractivity contribution >= 4 is 6.03 Å². The second-order valence-corrected chi connectivity index (χ2v) is 6.02. The molecule has 0 bridgehead atoms. The first-order valence-corrected chi connectivity index (χ1v) is 6.78. The van der Waals surface area contributed by atoms with E-state index in [1.807, 2.05) is 20.8 Å². The molecule has 1 heterocycles. The maximum Gasteiger partial charge on any atom is 0.315 e. The molecule has 106 valence electrons. The minimum atomic E-state index is -0.248. The standard InChI is InChI=1S/C13H27N3O2/c1-5-6-13(9-14-7-8-18-13)10-15-11(17)16-12(2,3)4/h14H,5-10H2,1-4H3,(H2,15,16,17). The Hall–Kier alpha value is -0.810. The van der Waals surface area contributed by atoms with Gasteiger partial charge in [-0.15, -0.1) is 0 Å². The van der Waals surface area contributed by atoms with E-state index in [1.165, 1.54) is 0 Å². The lowest BCUT2D eigenvalue weighted by molar-refractivity contribution is -0.0681. The molecule has 0 aliphatic carbocycles. The van der Waals surface area contributed by atoms with Gasteiger partial charge in [-0.1, -0.05) is 13.3 Å². The lowest BCUT2D eigenvalue weighted by Gasteiger charge is -2.38. The predicted octanol–water partition coefficient (Wildman–Crippen LogP) is 1.24. The largest absolute Gasteiger partial charge is 0.371 e. The molecule has 0 spiro atoms. The van der Waals surface area contributed by atoms with Crippen LogP contribution in [0.2, 0.25) is 0 Å². The van der Waals surface area contributed by atoms with Gasteiger partial charge in [0.25, 0.3) is 0 Å². The first-order valence-electron chi connectivity index (χ1n) is 6.78. The molecular formula is C13H27N3O2. The van der Waals surface area contributed by atoms with Gasteiger partial charge in [-0.05, 0) is 27.2 Å². The Labute approximate surface area is 110 Å². The van der Waals surface area contributed by atoms with Gasteiger partial charge in [0.2, 0.25) is 0 Å². The third-order valence-corrected chi connectivity index (χ3v) is 2.90. The van der Waals surface area contributed by atoms with Gasteiger partial charge in [0.15, 0.2) is 0 Å². The highest BCUT2D eigenvalue weighted by atomic mass is 16.5.